The Balaban J connectivity index is 1.52. The zero-order valence-corrected chi connectivity index (χ0v) is 9.91. The first-order valence-corrected chi connectivity index (χ1v) is 6.39. The van der Waals surface area contributed by atoms with Gasteiger partial charge in [0.15, 0.2) is 0 Å². The van der Waals surface area contributed by atoms with Crippen LogP contribution in [0.4, 0.5) is 0 Å². The van der Waals surface area contributed by atoms with E-state index in [9.17, 15) is 5.11 Å². The topological polar surface area (TPSA) is 26.7 Å². The second kappa shape index (κ2) is 4.81. The van der Waals surface area contributed by atoms with E-state index in [4.69, 9.17) is 0 Å². The minimum atomic E-state index is -0.354. The molecule has 3 heteroatoms. The third-order valence-electron chi connectivity index (χ3n) is 3.84. The van der Waals surface area contributed by atoms with Gasteiger partial charge >= 0.3 is 0 Å². The zero-order chi connectivity index (χ0) is 10.7. The summed E-state index contributed by atoms with van der Waals surface area (Å²) in [5, 5.41) is 9.85. The van der Waals surface area contributed by atoms with Crippen molar-refractivity contribution in [1.29, 1.82) is 0 Å². The fourth-order valence-corrected chi connectivity index (χ4v) is 2.69. The molecule has 15 heavy (non-hydrogen) atoms. The predicted octanol–water partition coefficient (Wildman–Crippen LogP) is 0.929. The lowest BCUT2D eigenvalue weighted by molar-refractivity contribution is -0.0997. The third-order valence-corrected chi connectivity index (χ3v) is 3.84. The Labute approximate surface area is 93.1 Å². The zero-order valence-electron chi connectivity index (χ0n) is 9.91. The maximum absolute atomic E-state index is 9.85. The number of β-amino-alcohol motifs (C(OH)–C–C–N with tert-alkyl or cyclic N) is 1. The summed E-state index contributed by atoms with van der Waals surface area (Å²) in [4.78, 5) is 4.94. The summed E-state index contributed by atoms with van der Waals surface area (Å²) in [5.74, 6) is 0. The lowest BCUT2D eigenvalue weighted by atomic mass is 9.91. The highest BCUT2D eigenvalue weighted by Crippen LogP contribution is 2.23. The van der Waals surface area contributed by atoms with Crippen LogP contribution in [0.5, 0.6) is 0 Å². The van der Waals surface area contributed by atoms with Crippen molar-refractivity contribution in [1.82, 2.24) is 9.80 Å². The van der Waals surface area contributed by atoms with E-state index in [1.165, 1.54) is 45.4 Å². The van der Waals surface area contributed by atoms with E-state index < -0.39 is 0 Å². The number of hydrogen-bond donors (Lipinski definition) is 1. The van der Waals surface area contributed by atoms with E-state index in [1.807, 2.05) is 0 Å². The average Bonchev–Trinajstić information content (AvgIpc) is 2.67. The number of rotatable bonds is 5. The average molecular weight is 212 g/mol. The molecule has 0 atom stereocenters. The van der Waals surface area contributed by atoms with Crippen molar-refractivity contribution in [2.24, 2.45) is 0 Å². The van der Waals surface area contributed by atoms with Crippen LogP contribution < -0.4 is 0 Å². The van der Waals surface area contributed by atoms with E-state index in [0.717, 1.165) is 19.5 Å². The fraction of sp³-hybridized carbons (Fsp3) is 1.00. The molecule has 2 rings (SSSR count). The van der Waals surface area contributed by atoms with Crippen molar-refractivity contribution in [2.45, 2.75) is 38.2 Å². The molecule has 0 aliphatic carbocycles. The van der Waals surface area contributed by atoms with Gasteiger partial charge in [0.25, 0.3) is 0 Å². The quantitative estimate of drug-likeness (QED) is 0.734. The molecule has 0 amide bonds. The normalized spacial score (nSPS) is 26.8. The van der Waals surface area contributed by atoms with Gasteiger partial charge in [0.2, 0.25) is 0 Å². The summed E-state index contributed by atoms with van der Waals surface area (Å²) in [5.41, 5.74) is -0.354. The molecule has 2 saturated heterocycles. The third kappa shape index (κ3) is 2.92. The standard InChI is InChI=1S/C12H24N2O/c1-2-12(15)10-14(11-12)9-5-8-13-6-3-4-7-13/h15H,2-11H2,1H3. The van der Waals surface area contributed by atoms with Crippen molar-refractivity contribution in [3.63, 3.8) is 0 Å². The van der Waals surface area contributed by atoms with Gasteiger partial charge in [-0.1, -0.05) is 6.92 Å². The second-order valence-electron chi connectivity index (χ2n) is 5.19. The maximum atomic E-state index is 9.85. The summed E-state index contributed by atoms with van der Waals surface area (Å²) >= 11 is 0. The molecule has 0 aromatic heterocycles. The second-order valence-corrected chi connectivity index (χ2v) is 5.19. The summed E-state index contributed by atoms with van der Waals surface area (Å²) in [7, 11) is 0. The molecule has 3 nitrogen and oxygen atoms in total. The van der Waals surface area contributed by atoms with E-state index in [-0.39, 0.29) is 5.60 Å². The summed E-state index contributed by atoms with van der Waals surface area (Å²) in [6, 6.07) is 0. The molecule has 2 aliphatic heterocycles. The molecule has 0 aromatic rings. The van der Waals surface area contributed by atoms with Crippen molar-refractivity contribution < 1.29 is 5.11 Å². The molecule has 0 radical (unpaired) electrons. The van der Waals surface area contributed by atoms with Gasteiger partial charge in [0.05, 0.1) is 5.60 Å². The summed E-state index contributed by atoms with van der Waals surface area (Å²) in [6.45, 7) is 8.88. The van der Waals surface area contributed by atoms with Gasteiger partial charge in [0, 0.05) is 13.1 Å². The Kier molecular flexibility index (Phi) is 3.65. The van der Waals surface area contributed by atoms with Crippen molar-refractivity contribution in [3.8, 4) is 0 Å². The number of hydrogen-bond acceptors (Lipinski definition) is 3. The Bertz CT molecular complexity index is 196. The van der Waals surface area contributed by atoms with Gasteiger partial charge in [-0.2, -0.15) is 0 Å². The van der Waals surface area contributed by atoms with E-state index >= 15 is 0 Å². The van der Waals surface area contributed by atoms with Gasteiger partial charge < -0.3 is 10.0 Å². The molecule has 1 N–H and O–H groups in total. The van der Waals surface area contributed by atoms with Crippen LogP contribution in [0.25, 0.3) is 0 Å². The van der Waals surface area contributed by atoms with Crippen LogP contribution in [-0.4, -0.2) is 59.8 Å². The molecular weight excluding hydrogens is 188 g/mol. The Hall–Kier alpha value is -0.120. The van der Waals surface area contributed by atoms with Gasteiger partial charge in [-0.15, -0.1) is 0 Å². The van der Waals surface area contributed by atoms with Crippen LogP contribution in [0, 0.1) is 0 Å². The van der Waals surface area contributed by atoms with Crippen LogP contribution in [-0.2, 0) is 0 Å². The first kappa shape index (κ1) is 11.4. The van der Waals surface area contributed by atoms with E-state index in [0.29, 0.717) is 0 Å². The Morgan fingerprint density at radius 3 is 2.27 bits per heavy atom. The minimum absolute atomic E-state index is 0.354. The molecule has 2 fully saturated rings. The SMILES string of the molecule is CCC1(O)CN(CCCN2CCCC2)C1. The highest BCUT2D eigenvalue weighted by molar-refractivity contribution is 4.94. The largest absolute Gasteiger partial charge is 0.387 e. The highest BCUT2D eigenvalue weighted by Gasteiger charge is 2.38. The fourth-order valence-electron chi connectivity index (χ4n) is 2.69. The van der Waals surface area contributed by atoms with Crippen molar-refractivity contribution >= 4 is 0 Å². The number of aliphatic hydroxyl groups is 1. The maximum Gasteiger partial charge on any atom is 0.0897 e. The first-order valence-electron chi connectivity index (χ1n) is 6.39. The molecule has 2 heterocycles. The van der Waals surface area contributed by atoms with Crippen LogP contribution in [0.3, 0.4) is 0 Å². The molecule has 0 aromatic carbocycles. The Morgan fingerprint density at radius 2 is 1.67 bits per heavy atom. The monoisotopic (exact) mass is 212 g/mol. The molecule has 0 bridgehead atoms. The van der Waals surface area contributed by atoms with Crippen LogP contribution >= 0.6 is 0 Å². The smallest absolute Gasteiger partial charge is 0.0897 e. The van der Waals surface area contributed by atoms with E-state index in [2.05, 4.69) is 16.7 Å². The van der Waals surface area contributed by atoms with Crippen LogP contribution in [0.15, 0.2) is 0 Å². The highest BCUT2D eigenvalue weighted by atomic mass is 16.3. The minimum Gasteiger partial charge on any atom is -0.387 e. The number of likely N-dealkylation sites (tertiary alicyclic amines) is 2. The van der Waals surface area contributed by atoms with E-state index in [1.54, 1.807) is 0 Å². The lowest BCUT2D eigenvalue weighted by Crippen LogP contribution is -2.61. The van der Waals surface area contributed by atoms with Gasteiger partial charge in [0.1, 0.15) is 0 Å². The van der Waals surface area contributed by atoms with Gasteiger partial charge in [-0.25, -0.2) is 0 Å². The van der Waals surface area contributed by atoms with Gasteiger partial charge in [-0.3, -0.25) is 4.90 Å². The molecule has 88 valence electrons. The molecular formula is C12H24N2O. The predicted molar refractivity (Wildman–Crippen MR) is 62.0 cm³/mol. The first-order chi connectivity index (χ1) is 7.22. The van der Waals surface area contributed by atoms with Crippen LogP contribution in [0.1, 0.15) is 32.6 Å². The molecule has 2 aliphatic rings. The summed E-state index contributed by atoms with van der Waals surface area (Å²) < 4.78 is 0. The van der Waals surface area contributed by atoms with Gasteiger partial charge in [-0.05, 0) is 51.9 Å². The number of nitrogens with zero attached hydrogens (tertiary/aromatic N) is 2. The molecule has 0 saturated carbocycles. The molecule has 0 unspecified atom stereocenters. The Morgan fingerprint density at radius 1 is 1.07 bits per heavy atom. The van der Waals surface area contributed by atoms with Crippen LogP contribution in [0.2, 0.25) is 0 Å². The molecule has 0 spiro atoms. The summed E-state index contributed by atoms with van der Waals surface area (Å²) in [6.07, 6.45) is 4.94. The van der Waals surface area contributed by atoms with Crippen molar-refractivity contribution in [3.05, 3.63) is 0 Å². The van der Waals surface area contributed by atoms with Crippen molar-refractivity contribution in [2.75, 3.05) is 39.3 Å². The lowest BCUT2D eigenvalue weighted by Gasteiger charge is -2.46.